The summed E-state index contributed by atoms with van der Waals surface area (Å²) in [4.78, 5) is 39.3. The number of nitrogens with zero attached hydrogens (tertiary/aromatic N) is 3. The van der Waals surface area contributed by atoms with Crippen molar-refractivity contribution in [3.8, 4) is 5.75 Å². The van der Waals surface area contributed by atoms with E-state index < -0.39 is 16.7 Å². The van der Waals surface area contributed by atoms with Crippen LogP contribution in [0.5, 0.6) is 5.75 Å². The van der Waals surface area contributed by atoms with Crippen LogP contribution in [0.3, 0.4) is 0 Å². The monoisotopic (exact) mass is 441 g/mol. The number of carbonyl (C=O) groups is 2. The summed E-state index contributed by atoms with van der Waals surface area (Å²) < 4.78 is 5.19. The molecule has 0 saturated carbocycles. The van der Waals surface area contributed by atoms with Crippen molar-refractivity contribution < 1.29 is 19.2 Å². The summed E-state index contributed by atoms with van der Waals surface area (Å²) in [6.45, 7) is 6.02. The molecule has 10 nitrogen and oxygen atoms in total. The Hall–Kier alpha value is -3.66. The molecule has 3 rings (SSSR count). The molecule has 1 fully saturated rings. The molecule has 170 valence electrons. The van der Waals surface area contributed by atoms with Crippen molar-refractivity contribution in [1.29, 1.82) is 0 Å². The van der Waals surface area contributed by atoms with E-state index in [1.165, 1.54) is 12.1 Å². The molecule has 0 bridgehead atoms. The fourth-order valence-electron chi connectivity index (χ4n) is 3.51. The zero-order valence-electron chi connectivity index (χ0n) is 18.2. The number of carbonyl (C=O) groups excluding carboxylic acids is 2. The predicted molar refractivity (Wildman–Crippen MR) is 121 cm³/mol. The number of nitro groups is 1. The molecule has 1 heterocycles. The Kier molecular flexibility index (Phi) is 7.61. The highest BCUT2D eigenvalue weighted by atomic mass is 16.6. The number of nitro benzene ring substituents is 1. The lowest BCUT2D eigenvalue weighted by atomic mass is 10.2. The molecule has 2 aromatic rings. The summed E-state index contributed by atoms with van der Waals surface area (Å²) in [5.74, 6) is -0.929. The van der Waals surface area contributed by atoms with Crippen LogP contribution in [0.25, 0.3) is 0 Å². The average molecular weight is 441 g/mol. The molecule has 0 atom stereocenters. The van der Waals surface area contributed by atoms with Crippen molar-refractivity contribution in [2.45, 2.75) is 6.92 Å². The maximum Gasteiger partial charge on any atom is 0.313 e. The van der Waals surface area contributed by atoms with Gasteiger partial charge in [-0.3, -0.25) is 24.6 Å². The summed E-state index contributed by atoms with van der Waals surface area (Å²) in [5.41, 5.74) is 1.57. The van der Waals surface area contributed by atoms with Crippen molar-refractivity contribution in [1.82, 2.24) is 10.2 Å². The number of benzene rings is 2. The topological polar surface area (TPSA) is 117 Å². The number of nitrogens with one attached hydrogen (secondary N) is 2. The van der Waals surface area contributed by atoms with Gasteiger partial charge in [0.05, 0.1) is 12.0 Å². The van der Waals surface area contributed by atoms with Gasteiger partial charge in [-0.25, -0.2) is 0 Å². The molecule has 0 aromatic heterocycles. The van der Waals surface area contributed by atoms with E-state index in [1.54, 1.807) is 20.1 Å². The van der Waals surface area contributed by atoms with Gasteiger partial charge < -0.3 is 20.3 Å². The molecule has 0 unspecified atom stereocenters. The predicted octanol–water partition coefficient (Wildman–Crippen LogP) is 1.79. The molecule has 2 amide bonds. The van der Waals surface area contributed by atoms with E-state index in [-0.39, 0.29) is 11.4 Å². The number of rotatable bonds is 7. The van der Waals surface area contributed by atoms with E-state index >= 15 is 0 Å². The minimum absolute atomic E-state index is 0.00426. The average Bonchev–Trinajstić information content (AvgIpc) is 2.80. The first-order chi connectivity index (χ1) is 15.4. The van der Waals surface area contributed by atoms with Crippen LogP contribution in [-0.4, -0.2) is 68.0 Å². The van der Waals surface area contributed by atoms with Gasteiger partial charge in [0.2, 0.25) is 0 Å². The Morgan fingerprint density at radius 3 is 2.38 bits per heavy atom. The summed E-state index contributed by atoms with van der Waals surface area (Å²) in [5, 5.41) is 16.0. The molecule has 0 radical (unpaired) electrons. The van der Waals surface area contributed by atoms with Crippen LogP contribution in [-0.2, 0) is 9.59 Å². The Morgan fingerprint density at radius 1 is 1.06 bits per heavy atom. The van der Waals surface area contributed by atoms with Gasteiger partial charge in [0, 0.05) is 51.0 Å². The Bertz CT molecular complexity index is 971. The summed E-state index contributed by atoms with van der Waals surface area (Å²) in [6.07, 6.45) is 0. The number of ether oxygens (including phenoxy) is 1. The number of hydrogen-bond acceptors (Lipinski definition) is 7. The van der Waals surface area contributed by atoms with Crippen LogP contribution in [0.4, 0.5) is 17.1 Å². The third-order valence-electron chi connectivity index (χ3n) is 5.33. The van der Waals surface area contributed by atoms with Crippen LogP contribution in [0.1, 0.15) is 5.56 Å². The summed E-state index contributed by atoms with van der Waals surface area (Å²) in [6, 6.07) is 12.3. The van der Waals surface area contributed by atoms with E-state index in [1.807, 2.05) is 24.3 Å². The molecular weight excluding hydrogens is 414 g/mol. The van der Waals surface area contributed by atoms with Crippen LogP contribution >= 0.6 is 0 Å². The Morgan fingerprint density at radius 2 is 1.75 bits per heavy atom. The van der Waals surface area contributed by atoms with Gasteiger partial charge in [-0.05, 0) is 42.8 Å². The van der Waals surface area contributed by atoms with Gasteiger partial charge in [0.25, 0.3) is 5.69 Å². The van der Waals surface area contributed by atoms with Crippen LogP contribution in [0, 0.1) is 17.0 Å². The lowest BCUT2D eigenvalue weighted by Gasteiger charge is -2.36. The third-order valence-corrected chi connectivity index (χ3v) is 5.33. The van der Waals surface area contributed by atoms with E-state index in [4.69, 9.17) is 4.74 Å². The van der Waals surface area contributed by atoms with Crippen molar-refractivity contribution in [3.05, 3.63) is 58.1 Å². The highest BCUT2D eigenvalue weighted by Crippen LogP contribution is 2.25. The zero-order valence-corrected chi connectivity index (χ0v) is 18.2. The number of piperazine rings is 1. The fraction of sp³-hybridized carbons (Fsp3) is 0.364. The quantitative estimate of drug-likeness (QED) is 0.382. The van der Waals surface area contributed by atoms with Crippen molar-refractivity contribution in [3.63, 3.8) is 0 Å². The third kappa shape index (κ3) is 5.94. The molecule has 1 saturated heterocycles. The number of amides is 2. The highest BCUT2D eigenvalue weighted by Gasteiger charge is 2.21. The van der Waals surface area contributed by atoms with Crippen LogP contribution in [0.15, 0.2) is 42.5 Å². The second kappa shape index (κ2) is 10.6. The van der Waals surface area contributed by atoms with Gasteiger partial charge >= 0.3 is 11.8 Å². The van der Waals surface area contributed by atoms with Gasteiger partial charge in [-0.2, -0.15) is 0 Å². The molecule has 1 aliphatic heterocycles. The molecular formula is C22H27N5O5. The minimum Gasteiger partial charge on any atom is -0.497 e. The normalized spacial score (nSPS) is 14.0. The van der Waals surface area contributed by atoms with Crippen LogP contribution in [0.2, 0.25) is 0 Å². The van der Waals surface area contributed by atoms with Crippen molar-refractivity contribution >= 4 is 28.9 Å². The number of methoxy groups -OCH3 is 1. The van der Waals surface area contributed by atoms with E-state index in [2.05, 4.69) is 20.4 Å². The molecule has 10 heteroatoms. The lowest BCUT2D eigenvalue weighted by molar-refractivity contribution is -0.384. The second-order valence-electron chi connectivity index (χ2n) is 7.51. The summed E-state index contributed by atoms with van der Waals surface area (Å²) in [7, 11) is 1.64. The van der Waals surface area contributed by atoms with E-state index in [9.17, 15) is 19.7 Å². The number of anilines is 2. The minimum atomic E-state index is -0.929. The maximum atomic E-state index is 12.1. The zero-order chi connectivity index (χ0) is 23.1. The first-order valence-corrected chi connectivity index (χ1v) is 10.3. The first-order valence-electron chi connectivity index (χ1n) is 10.3. The van der Waals surface area contributed by atoms with Crippen molar-refractivity contribution in [2.75, 3.05) is 56.6 Å². The fourth-order valence-corrected chi connectivity index (χ4v) is 3.51. The smallest absolute Gasteiger partial charge is 0.313 e. The van der Waals surface area contributed by atoms with E-state index in [0.717, 1.165) is 37.6 Å². The van der Waals surface area contributed by atoms with Gasteiger partial charge in [-0.15, -0.1) is 0 Å². The Balaban J connectivity index is 1.41. The van der Waals surface area contributed by atoms with Gasteiger partial charge in [0.15, 0.2) is 0 Å². The molecule has 2 N–H and O–H groups in total. The molecule has 0 spiro atoms. The van der Waals surface area contributed by atoms with Gasteiger partial charge in [-0.1, -0.05) is 6.07 Å². The van der Waals surface area contributed by atoms with E-state index in [0.29, 0.717) is 18.7 Å². The number of hydrogen-bond donors (Lipinski definition) is 2. The molecule has 2 aromatic carbocycles. The highest BCUT2D eigenvalue weighted by molar-refractivity contribution is 6.39. The SMILES string of the molecule is COc1ccc(N2CCN(CCNC(=O)C(=O)Nc3ccc(C)cc3[N+](=O)[O-])CC2)cc1. The molecule has 0 aliphatic carbocycles. The van der Waals surface area contributed by atoms with Crippen LogP contribution < -0.4 is 20.3 Å². The standard InChI is InChI=1S/C22H27N5O5/c1-16-3-8-19(20(15-16)27(30)31)24-22(29)21(28)23-9-10-25-11-13-26(14-12-25)17-4-6-18(32-2)7-5-17/h3-8,15H,9-14H2,1-2H3,(H,23,28)(H,24,29). The lowest BCUT2D eigenvalue weighted by Crippen LogP contribution is -2.49. The molecule has 1 aliphatic rings. The molecule has 32 heavy (non-hydrogen) atoms. The Labute approximate surface area is 186 Å². The van der Waals surface area contributed by atoms with Crippen molar-refractivity contribution in [2.24, 2.45) is 0 Å². The number of aryl methyl sites for hydroxylation is 1. The van der Waals surface area contributed by atoms with Gasteiger partial charge in [0.1, 0.15) is 11.4 Å². The maximum absolute atomic E-state index is 12.1. The largest absolute Gasteiger partial charge is 0.497 e. The second-order valence-corrected chi connectivity index (χ2v) is 7.51. The summed E-state index contributed by atoms with van der Waals surface area (Å²) >= 11 is 0. The first kappa shape index (κ1) is 23.0.